The molecule has 7 heteroatoms. The van der Waals surface area contributed by atoms with Crippen LogP contribution in [0.25, 0.3) is 20.4 Å². The van der Waals surface area contributed by atoms with Gasteiger partial charge in [-0.25, -0.2) is 9.97 Å². The molecular formula is C19H22N4O2S. The molecule has 1 fully saturated rings. The summed E-state index contributed by atoms with van der Waals surface area (Å²) in [4.78, 5) is 35.0. The van der Waals surface area contributed by atoms with Crippen molar-refractivity contribution in [1.82, 2.24) is 19.9 Å². The van der Waals surface area contributed by atoms with Gasteiger partial charge >= 0.3 is 0 Å². The Bertz CT molecular complexity index is 1050. The van der Waals surface area contributed by atoms with Gasteiger partial charge in [-0.2, -0.15) is 0 Å². The Morgan fingerprint density at radius 2 is 2.08 bits per heavy atom. The Morgan fingerprint density at radius 1 is 1.31 bits per heavy atom. The summed E-state index contributed by atoms with van der Waals surface area (Å²) >= 11 is 1.35. The molecule has 3 aromatic rings. The average Bonchev–Trinajstić information content (AvgIpc) is 2.97. The number of nitrogens with one attached hydrogen (secondary N) is 1. The fourth-order valence-corrected chi connectivity index (χ4v) is 4.99. The van der Waals surface area contributed by atoms with Crippen molar-refractivity contribution in [2.45, 2.75) is 58.5 Å². The van der Waals surface area contributed by atoms with E-state index < -0.39 is 0 Å². The van der Waals surface area contributed by atoms with Crippen LogP contribution in [0.5, 0.6) is 0 Å². The summed E-state index contributed by atoms with van der Waals surface area (Å²) < 4.78 is 1.96. The predicted molar refractivity (Wildman–Crippen MR) is 104 cm³/mol. The maximum absolute atomic E-state index is 12.8. The highest BCUT2D eigenvalue weighted by atomic mass is 32.1. The van der Waals surface area contributed by atoms with Crippen LogP contribution in [0.2, 0.25) is 0 Å². The lowest BCUT2D eigenvalue weighted by Gasteiger charge is -2.22. The molecule has 4 rings (SSSR count). The molecule has 1 aliphatic rings. The van der Waals surface area contributed by atoms with E-state index in [1.807, 2.05) is 19.9 Å². The molecule has 26 heavy (non-hydrogen) atoms. The van der Waals surface area contributed by atoms with E-state index in [4.69, 9.17) is 0 Å². The Balaban J connectivity index is 1.65. The average molecular weight is 370 g/mol. The molecule has 3 aromatic heterocycles. The minimum Gasteiger partial charge on any atom is -0.352 e. The van der Waals surface area contributed by atoms with Crippen molar-refractivity contribution in [3.05, 3.63) is 34.0 Å². The van der Waals surface area contributed by atoms with Crippen LogP contribution in [0.3, 0.4) is 0 Å². The number of hydrogen-bond acceptors (Lipinski definition) is 5. The number of carbonyl (C=O) groups is 1. The number of pyridine rings is 1. The molecule has 0 saturated heterocycles. The highest BCUT2D eigenvalue weighted by Gasteiger charge is 2.18. The lowest BCUT2D eigenvalue weighted by atomic mass is 9.95. The largest absolute Gasteiger partial charge is 0.352 e. The summed E-state index contributed by atoms with van der Waals surface area (Å²) in [5.74, 6) is -0.119. The van der Waals surface area contributed by atoms with Crippen molar-refractivity contribution in [2.75, 3.05) is 0 Å². The van der Waals surface area contributed by atoms with E-state index in [0.717, 1.165) is 47.2 Å². The normalized spacial score (nSPS) is 15.6. The van der Waals surface area contributed by atoms with Gasteiger partial charge in [0, 0.05) is 17.1 Å². The van der Waals surface area contributed by atoms with Crippen LogP contribution < -0.4 is 10.9 Å². The second-order valence-corrected chi connectivity index (χ2v) is 8.12. The van der Waals surface area contributed by atoms with Gasteiger partial charge in [-0.05, 0) is 38.3 Å². The van der Waals surface area contributed by atoms with Gasteiger partial charge in [-0.15, -0.1) is 11.3 Å². The van der Waals surface area contributed by atoms with Crippen LogP contribution in [-0.4, -0.2) is 26.5 Å². The number of hydrogen-bond donors (Lipinski definition) is 1. The molecule has 0 aromatic carbocycles. The molecule has 0 aliphatic heterocycles. The molecule has 0 radical (unpaired) electrons. The molecule has 0 unspecified atom stereocenters. The molecule has 3 heterocycles. The first-order chi connectivity index (χ1) is 12.5. The minimum atomic E-state index is -0.172. The summed E-state index contributed by atoms with van der Waals surface area (Å²) in [5.41, 5.74) is 2.50. The maximum Gasteiger partial charge on any atom is 0.271 e. The van der Waals surface area contributed by atoms with Crippen LogP contribution >= 0.6 is 11.3 Å². The second-order valence-electron chi connectivity index (χ2n) is 7.12. The van der Waals surface area contributed by atoms with E-state index in [9.17, 15) is 9.59 Å². The van der Waals surface area contributed by atoms with Crippen molar-refractivity contribution < 1.29 is 4.79 Å². The number of fused-ring (bicyclic) bond motifs is 3. The zero-order valence-electron chi connectivity index (χ0n) is 15.0. The number of nitrogens with zero attached hydrogens (tertiary/aromatic N) is 3. The summed E-state index contributed by atoms with van der Waals surface area (Å²) in [6.07, 6.45) is 7.09. The van der Waals surface area contributed by atoms with E-state index in [-0.39, 0.29) is 24.1 Å². The summed E-state index contributed by atoms with van der Waals surface area (Å²) in [6, 6.07) is 2.24. The molecule has 1 aliphatic carbocycles. The van der Waals surface area contributed by atoms with Crippen molar-refractivity contribution in [3.8, 4) is 0 Å². The van der Waals surface area contributed by atoms with E-state index in [1.165, 1.54) is 28.7 Å². The molecule has 1 saturated carbocycles. The van der Waals surface area contributed by atoms with Gasteiger partial charge in [0.05, 0.1) is 11.8 Å². The molecule has 0 atom stereocenters. The third-order valence-electron chi connectivity index (χ3n) is 5.03. The van der Waals surface area contributed by atoms with Crippen LogP contribution in [0.4, 0.5) is 0 Å². The SMILES string of the molecule is Cc1cc(C)c2c(n1)sc1c(=O)n(CC(=O)NC3CCCCC3)cnc12. The van der Waals surface area contributed by atoms with Crippen LogP contribution in [0.15, 0.2) is 17.2 Å². The lowest BCUT2D eigenvalue weighted by Crippen LogP contribution is -2.39. The quantitative estimate of drug-likeness (QED) is 0.769. The number of aromatic nitrogens is 3. The first-order valence-electron chi connectivity index (χ1n) is 9.08. The summed E-state index contributed by atoms with van der Waals surface area (Å²) in [7, 11) is 0. The summed E-state index contributed by atoms with van der Waals surface area (Å²) in [5, 5.41) is 3.99. The van der Waals surface area contributed by atoms with Gasteiger partial charge < -0.3 is 5.32 Å². The Morgan fingerprint density at radius 3 is 2.85 bits per heavy atom. The van der Waals surface area contributed by atoms with Gasteiger partial charge in [0.1, 0.15) is 16.1 Å². The van der Waals surface area contributed by atoms with Gasteiger partial charge in [0.2, 0.25) is 5.91 Å². The Kier molecular flexibility index (Phi) is 4.48. The van der Waals surface area contributed by atoms with E-state index in [0.29, 0.717) is 10.2 Å². The standard InChI is InChI=1S/C19H22N4O2S/c1-11-8-12(2)21-18-15(11)16-17(26-18)19(25)23(10-20-16)9-14(24)22-13-6-4-3-5-7-13/h8,10,13H,3-7,9H2,1-2H3,(H,22,24). The molecule has 136 valence electrons. The maximum atomic E-state index is 12.8. The highest BCUT2D eigenvalue weighted by molar-refractivity contribution is 7.25. The molecular weight excluding hydrogens is 348 g/mol. The topological polar surface area (TPSA) is 76.9 Å². The third-order valence-corrected chi connectivity index (χ3v) is 6.09. The van der Waals surface area contributed by atoms with E-state index >= 15 is 0 Å². The molecule has 0 bridgehead atoms. The Labute approximate surface area is 155 Å². The monoisotopic (exact) mass is 370 g/mol. The predicted octanol–water partition coefficient (Wildman–Crippen LogP) is 3.07. The van der Waals surface area contributed by atoms with Crippen LogP contribution in [0.1, 0.15) is 43.4 Å². The smallest absolute Gasteiger partial charge is 0.271 e. The first-order valence-corrected chi connectivity index (χ1v) is 9.90. The fraction of sp³-hybridized carbons (Fsp3) is 0.474. The van der Waals surface area contributed by atoms with Gasteiger partial charge in [0.25, 0.3) is 5.56 Å². The second kappa shape index (κ2) is 6.79. The number of carbonyl (C=O) groups excluding carboxylic acids is 1. The van der Waals surface area contributed by atoms with E-state index in [1.54, 1.807) is 0 Å². The first kappa shape index (κ1) is 17.1. The van der Waals surface area contributed by atoms with Crippen molar-refractivity contribution in [3.63, 3.8) is 0 Å². The van der Waals surface area contributed by atoms with Gasteiger partial charge in [-0.1, -0.05) is 19.3 Å². The summed E-state index contributed by atoms with van der Waals surface area (Å²) in [6.45, 7) is 3.96. The molecule has 1 N–H and O–H groups in total. The molecule has 0 spiro atoms. The third kappa shape index (κ3) is 3.11. The van der Waals surface area contributed by atoms with E-state index in [2.05, 4.69) is 15.3 Å². The van der Waals surface area contributed by atoms with Crippen LogP contribution in [0, 0.1) is 13.8 Å². The van der Waals surface area contributed by atoms with Crippen molar-refractivity contribution in [1.29, 1.82) is 0 Å². The minimum absolute atomic E-state index is 0.0119. The fourth-order valence-electron chi connectivity index (χ4n) is 3.79. The van der Waals surface area contributed by atoms with Gasteiger partial charge in [-0.3, -0.25) is 14.2 Å². The highest BCUT2D eigenvalue weighted by Crippen LogP contribution is 2.31. The molecule has 6 nitrogen and oxygen atoms in total. The van der Waals surface area contributed by atoms with Crippen molar-refractivity contribution in [2.24, 2.45) is 0 Å². The number of amides is 1. The number of aryl methyl sites for hydroxylation is 2. The van der Waals surface area contributed by atoms with Crippen molar-refractivity contribution >= 4 is 37.7 Å². The zero-order chi connectivity index (χ0) is 18.3. The molecule has 1 amide bonds. The number of rotatable bonds is 3. The number of thiophene rings is 1. The zero-order valence-corrected chi connectivity index (χ0v) is 15.9. The Hall–Kier alpha value is -2.28. The van der Waals surface area contributed by atoms with Crippen LogP contribution in [-0.2, 0) is 11.3 Å². The lowest BCUT2D eigenvalue weighted by molar-refractivity contribution is -0.122. The van der Waals surface area contributed by atoms with Gasteiger partial charge in [0.15, 0.2) is 0 Å².